The molecule has 0 saturated carbocycles. The van der Waals surface area contributed by atoms with Gasteiger partial charge < -0.3 is 20.7 Å². The number of carbonyl (C=O) groups is 1. The zero-order valence-electron chi connectivity index (χ0n) is 11.5. The van der Waals surface area contributed by atoms with Gasteiger partial charge in [0, 0.05) is 37.0 Å². The molecule has 2 atom stereocenters. The molecule has 1 aromatic rings. The van der Waals surface area contributed by atoms with Crippen LogP contribution < -0.4 is 16.0 Å². The predicted molar refractivity (Wildman–Crippen MR) is 80.1 cm³/mol. The molecule has 2 unspecified atom stereocenters. The van der Waals surface area contributed by atoms with E-state index in [9.17, 15) is 4.79 Å². The Morgan fingerprint density at radius 2 is 2.45 bits per heavy atom. The van der Waals surface area contributed by atoms with Crippen molar-refractivity contribution in [2.45, 2.75) is 18.5 Å². The molecule has 0 radical (unpaired) electrons. The van der Waals surface area contributed by atoms with E-state index in [0.717, 1.165) is 30.2 Å². The molecule has 0 bridgehead atoms. The van der Waals surface area contributed by atoms with Crippen molar-refractivity contribution in [2.24, 2.45) is 5.73 Å². The molecule has 5 nitrogen and oxygen atoms in total. The minimum Gasteiger partial charge on any atom is -0.383 e. The Kier molecular flexibility index (Phi) is 5.23. The number of halogens is 1. The number of rotatable bonds is 5. The molecule has 110 valence electrons. The SMILES string of the molecule is COCC(N)C(=O)NC1CCN(c2cccc(Cl)c2)C1. The highest BCUT2D eigenvalue weighted by Crippen LogP contribution is 2.23. The monoisotopic (exact) mass is 297 g/mol. The van der Waals surface area contributed by atoms with Gasteiger partial charge in [0.25, 0.3) is 0 Å². The van der Waals surface area contributed by atoms with E-state index in [4.69, 9.17) is 22.1 Å². The topological polar surface area (TPSA) is 67.6 Å². The predicted octanol–water partition coefficient (Wildman–Crippen LogP) is 1.01. The molecule has 1 aliphatic rings. The number of nitrogens with one attached hydrogen (secondary N) is 1. The van der Waals surface area contributed by atoms with E-state index in [1.165, 1.54) is 7.11 Å². The summed E-state index contributed by atoms with van der Waals surface area (Å²) in [4.78, 5) is 14.0. The summed E-state index contributed by atoms with van der Waals surface area (Å²) in [6.45, 7) is 1.90. The van der Waals surface area contributed by atoms with Crippen molar-refractivity contribution < 1.29 is 9.53 Å². The average Bonchev–Trinajstić information content (AvgIpc) is 2.87. The van der Waals surface area contributed by atoms with Crippen molar-refractivity contribution in [3.8, 4) is 0 Å². The molecule has 1 fully saturated rings. The first kappa shape index (κ1) is 15.1. The third-order valence-electron chi connectivity index (χ3n) is 3.39. The van der Waals surface area contributed by atoms with Crippen LogP contribution in [-0.2, 0) is 9.53 Å². The maximum Gasteiger partial charge on any atom is 0.239 e. The number of nitrogens with zero attached hydrogens (tertiary/aromatic N) is 1. The first-order valence-electron chi connectivity index (χ1n) is 6.65. The van der Waals surface area contributed by atoms with Gasteiger partial charge in [0.15, 0.2) is 0 Å². The van der Waals surface area contributed by atoms with Gasteiger partial charge in [-0.2, -0.15) is 0 Å². The Morgan fingerprint density at radius 1 is 1.65 bits per heavy atom. The quantitative estimate of drug-likeness (QED) is 0.851. The molecule has 0 aliphatic carbocycles. The van der Waals surface area contributed by atoms with Crippen LogP contribution >= 0.6 is 11.6 Å². The van der Waals surface area contributed by atoms with Crippen LogP contribution in [0, 0.1) is 0 Å². The molecule has 1 heterocycles. The Bertz CT molecular complexity index is 469. The Hall–Kier alpha value is -1.30. The van der Waals surface area contributed by atoms with E-state index in [1.807, 2.05) is 24.3 Å². The number of hydrogen-bond donors (Lipinski definition) is 2. The van der Waals surface area contributed by atoms with E-state index in [2.05, 4.69) is 10.2 Å². The van der Waals surface area contributed by atoms with Crippen molar-refractivity contribution in [3.05, 3.63) is 29.3 Å². The Labute approximate surface area is 124 Å². The summed E-state index contributed by atoms with van der Waals surface area (Å²) >= 11 is 5.99. The molecule has 1 saturated heterocycles. The van der Waals surface area contributed by atoms with Gasteiger partial charge in [0.2, 0.25) is 5.91 Å². The second-order valence-electron chi connectivity index (χ2n) is 4.98. The van der Waals surface area contributed by atoms with Crippen LogP contribution in [0.5, 0.6) is 0 Å². The van der Waals surface area contributed by atoms with Crippen molar-refractivity contribution in [1.29, 1.82) is 0 Å². The third-order valence-corrected chi connectivity index (χ3v) is 3.63. The van der Waals surface area contributed by atoms with E-state index in [0.29, 0.717) is 0 Å². The second kappa shape index (κ2) is 6.92. The fourth-order valence-corrected chi connectivity index (χ4v) is 2.53. The number of carbonyl (C=O) groups excluding carboxylic acids is 1. The van der Waals surface area contributed by atoms with Gasteiger partial charge >= 0.3 is 0 Å². The summed E-state index contributed by atoms with van der Waals surface area (Å²) in [7, 11) is 1.53. The van der Waals surface area contributed by atoms with Crippen LogP contribution in [0.2, 0.25) is 5.02 Å². The summed E-state index contributed by atoms with van der Waals surface area (Å²) in [5.41, 5.74) is 6.78. The lowest BCUT2D eigenvalue weighted by Gasteiger charge is -2.20. The highest BCUT2D eigenvalue weighted by Gasteiger charge is 2.25. The zero-order valence-corrected chi connectivity index (χ0v) is 12.3. The van der Waals surface area contributed by atoms with Crippen LogP contribution in [-0.4, -0.2) is 44.8 Å². The van der Waals surface area contributed by atoms with Crippen molar-refractivity contribution in [3.63, 3.8) is 0 Å². The zero-order chi connectivity index (χ0) is 14.5. The molecule has 2 rings (SSSR count). The fourth-order valence-electron chi connectivity index (χ4n) is 2.35. The first-order valence-corrected chi connectivity index (χ1v) is 7.03. The van der Waals surface area contributed by atoms with E-state index >= 15 is 0 Å². The van der Waals surface area contributed by atoms with Crippen LogP contribution in [0.1, 0.15) is 6.42 Å². The summed E-state index contributed by atoms with van der Waals surface area (Å²) in [6, 6.07) is 7.24. The van der Waals surface area contributed by atoms with Crippen molar-refractivity contribution in [1.82, 2.24) is 5.32 Å². The molecule has 0 aromatic heterocycles. The smallest absolute Gasteiger partial charge is 0.239 e. The van der Waals surface area contributed by atoms with Gasteiger partial charge in [-0.25, -0.2) is 0 Å². The number of nitrogens with two attached hydrogens (primary N) is 1. The van der Waals surface area contributed by atoms with Gasteiger partial charge in [-0.15, -0.1) is 0 Å². The standard InChI is InChI=1S/C14H20ClN3O2/c1-20-9-13(16)14(19)17-11-5-6-18(8-11)12-4-2-3-10(15)7-12/h2-4,7,11,13H,5-6,8-9,16H2,1H3,(H,17,19). The molecular formula is C14H20ClN3O2. The van der Waals surface area contributed by atoms with Crippen LogP contribution in [0.15, 0.2) is 24.3 Å². The van der Waals surface area contributed by atoms with E-state index in [-0.39, 0.29) is 18.6 Å². The van der Waals surface area contributed by atoms with Gasteiger partial charge in [0.1, 0.15) is 6.04 Å². The van der Waals surface area contributed by atoms with Crippen molar-refractivity contribution in [2.75, 3.05) is 31.7 Å². The molecule has 3 N–H and O–H groups in total. The average molecular weight is 298 g/mol. The molecule has 1 aromatic carbocycles. The summed E-state index contributed by atoms with van der Waals surface area (Å²) in [5, 5.41) is 3.68. The number of hydrogen-bond acceptors (Lipinski definition) is 4. The molecular weight excluding hydrogens is 278 g/mol. The fraction of sp³-hybridized carbons (Fsp3) is 0.500. The lowest BCUT2D eigenvalue weighted by atomic mass is 10.2. The normalized spacial score (nSPS) is 19.9. The van der Waals surface area contributed by atoms with Gasteiger partial charge in [-0.1, -0.05) is 17.7 Å². The summed E-state index contributed by atoms with van der Waals surface area (Å²) in [6.07, 6.45) is 0.901. The molecule has 6 heteroatoms. The molecule has 0 spiro atoms. The third kappa shape index (κ3) is 3.85. The van der Waals surface area contributed by atoms with Gasteiger partial charge in [-0.3, -0.25) is 4.79 Å². The molecule has 1 aliphatic heterocycles. The van der Waals surface area contributed by atoms with Crippen LogP contribution in [0.4, 0.5) is 5.69 Å². The van der Waals surface area contributed by atoms with Crippen LogP contribution in [0.3, 0.4) is 0 Å². The summed E-state index contributed by atoms with van der Waals surface area (Å²) < 4.78 is 4.88. The highest BCUT2D eigenvalue weighted by atomic mass is 35.5. The number of anilines is 1. The lowest BCUT2D eigenvalue weighted by molar-refractivity contribution is -0.124. The number of ether oxygens (including phenoxy) is 1. The maximum atomic E-state index is 11.8. The maximum absolute atomic E-state index is 11.8. The van der Waals surface area contributed by atoms with Crippen LogP contribution in [0.25, 0.3) is 0 Å². The minimum absolute atomic E-state index is 0.115. The number of benzene rings is 1. The summed E-state index contributed by atoms with van der Waals surface area (Å²) in [5.74, 6) is -0.162. The number of amides is 1. The highest BCUT2D eigenvalue weighted by molar-refractivity contribution is 6.30. The molecule has 1 amide bonds. The van der Waals surface area contributed by atoms with Gasteiger partial charge in [0.05, 0.1) is 6.61 Å². The Morgan fingerprint density at radius 3 is 3.15 bits per heavy atom. The van der Waals surface area contributed by atoms with E-state index in [1.54, 1.807) is 0 Å². The largest absolute Gasteiger partial charge is 0.383 e. The van der Waals surface area contributed by atoms with Crippen molar-refractivity contribution >= 4 is 23.2 Å². The van der Waals surface area contributed by atoms with E-state index < -0.39 is 6.04 Å². The number of methoxy groups -OCH3 is 1. The lowest BCUT2D eigenvalue weighted by Crippen LogP contribution is -2.48. The first-order chi connectivity index (χ1) is 9.60. The van der Waals surface area contributed by atoms with Gasteiger partial charge in [-0.05, 0) is 24.6 Å². The Balaban J connectivity index is 1.88. The minimum atomic E-state index is -0.611. The second-order valence-corrected chi connectivity index (χ2v) is 5.42. The molecule has 20 heavy (non-hydrogen) atoms.